The SMILES string of the molecule is Nc1ncc(F)c(N2CC(O)C(O)C2)n1. The molecule has 1 saturated heterocycles. The number of anilines is 2. The monoisotopic (exact) mass is 214 g/mol. The molecule has 0 aromatic carbocycles. The van der Waals surface area contributed by atoms with Crippen molar-refractivity contribution in [3.8, 4) is 0 Å². The van der Waals surface area contributed by atoms with E-state index in [-0.39, 0.29) is 24.9 Å². The van der Waals surface area contributed by atoms with E-state index in [1.54, 1.807) is 0 Å². The van der Waals surface area contributed by atoms with Crippen LogP contribution >= 0.6 is 0 Å². The first-order chi connectivity index (χ1) is 7.08. The molecule has 2 heterocycles. The highest BCUT2D eigenvalue weighted by molar-refractivity contribution is 5.44. The molecular weight excluding hydrogens is 203 g/mol. The van der Waals surface area contributed by atoms with Gasteiger partial charge >= 0.3 is 0 Å². The summed E-state index contributed by atoms with van der Waals surface area (Å²) in [6, 6.07) is 0. The van der Waals surface area contributed by atoms with E-state index in [1.165, 1.54) is 4.90 Å². The highest BCUT2D eigenvalue weighted by atomic mass is 19.1. The van der Waals surface area contributed by atoms with E-state index >= 15 is 0 Å². The lowest BCUT2D eigenvalue weighted by Crippen LogP contribution is -2.24. The summed E-state index contributed by atoms with van der Waals surface area (Å²) in [6.07, 6.45) is -0.810. The van der Waals surface area contributed by atoms with Crippen LogP contribution in [0.15, 0.2) is 6.20 Å². The van der Waals surface area contributed by atoms with Crippen molar-refractivity contribution in [2.45, 2.75) is 12.2 Å². The summed E-state index contributed by atoms with van der Waals surface area (Å²) in [6.45, 7) is 0.267. The molecule has 6 nitrogen and oxygen atoms in total. The molecule has 0 saturated carbocycles. The van der Waals surface area contributed by atoms with Gasteiger partial charge in [-0.05, 0) is 0 Å². The molecule has 1 fully saturated rings. The van der Waals surface area contributed by atoms with Gasteiger partial charge in [0.1, 0.15) is 0 Å². The maximum Gasteiger partial charge on any atom is 0.222 e. The Morgan fingerprint density at radius 3 is 2.60 bits per heavy atom. The molecule has 0 amide bonds. The quantitative estimate of drug-likeness (QED) is 0.540. The van der Waals surface area contributed by atoms with Gasteiger partial charge < -0.3 is 20.8 Å². The van der Waals surface area contributed by atoms with Gasteiger partial charge in [0.05, 0.1) is 18.4 Å². The summed E-state index contributed by atoms with van der Waals surface area (Å²) in [7, 11) is 0. The zero-order valence-corrected chi connectivity index (χ0v) is 7.84. The maximum atomic E-state index is 13.3. The first-order valence-electron chi connectivity index (χ1n) is 4.47. The second-order valence-electron chi connectivity index (χ2n) is 3.44. The highest BCUT2D eigenvalue weighted by Gasteiger charge is 2.31. The third-order valence-corrected chi connectivity index (χ3v) is 2.30. The van der Waals surface area contributed by atoms with Crippen molar-refractivity contribution in [3.63, 3.8) is 0 Å². The van der Waals surface area contributed by atoms with Gasteiger partial charge in [-0.2, -0.15) is 4.98 Å². The van der Waals surface area contributed by atoms with E-state index in [2.05, 4.69) is 9.97 Å². The molecule has 0 bridgehead atoms. The van der Waals surface area contributed by atoms with Crippen LogP contribution in [0.3, 0.4) is 0 Å². The zero-order valence-electron chi connectivity index (χ0n) is 7.84. The Labute approximate surface area is 85.2 Å². The molecule has 0 radical (unpaired) electrons. The van der Waals surface area contributed by atoms with Gasteiger partial charge in [-0.15, -0.1) is 0 Å². The van der Waals surface area contributed by atoms with Crippen LogP contribution in [0.1, 0.15) is 0 Å². The Morgan fingerprint density at radius 1 is 1.40 bits per heavy atom. The Bertz CT molecular complexity index is 366. The molecule has 1 aliphatic heterocycles. The number of β-amino-alcohol motifs (C(OH)–C–C–N with tert-alkyl or cyclic N) is 2. The molecule has 1 aliphatic rings. The van der Waals surface area contributed by atoms with Crippen LogP contribution in [0.2, 0.25) is 0 Å². The van der Waals surface area contributed by atoms with Crippen molar-refractivity contribution in [3.05, 3.63) is 12.0 Å². The number of halogens is 1. The van der Waals surface area contributed by atoms with Gasteiger partial charge in [0.25, 0.3) is 0 Å². The summed E-state index contributed by atoms with van der Waals surface area (Å²) in [5.74, 6) is -0.647. The Morgan fingerprint density at radius 2 is 2.00 bits per heavy atom. The summed E-state index contributed by atoms with van der Waals surface area (Å²) in [4.78, 5) is 8.64. The number of rotatable bonds is 1. The van der Waals surface area contributed by atoms with Gasteiger partial charge in [-0.1, -0.05) is 0 Å². The van der Waals surface area contributed by atoms with E-state index in [1.807, 2.05) is 0 Å². The fourth-order valence-corrected chi connectivity index (χ4v) is 1.54. The van der Waals surface area contributed by atoms with Crippen molar-refractivity contribution in [2.75, 3.05) is 23.7 Å². The lowest BCUT2D eigenvalue weighted by Gasteiger charge is -2.16. The Hall–Kier alpha value is -1.47. The molecule has 2 unspecified atom stereocenters. The summed E-state index contributed by atoms with van der Waals surface area (Å²) >= 11 is 0. The average Bonchev–Trinajstić information content (AvgIpc) is 2.51. The van der Waals surface area contributed by atoms with Crippen LogP contribution in [0.25, 0.3) is 0 Å². The molecular formula is C8H11FN4O2. The molecule has 2 rings (SSSR count). The third-order valence-electron chi connectivity index (χ3n) is 2.30. The number of nitrogens with zero attached hydrogens (tertiary/aromatic N) is 3. The van der Waals surface area contributed by atoms with Crippen LogP contribution in [0.4, 0.5) is 16.2 Å². The van der Waals surface area contributed by atoms with Crippen molar-refractivity contribution in [1.82, 2.24) is 9.97 Å². The number of hydrogen-bond acceptors (Lipinski definition) is 6. The van der Waals surface area contributed by atoms with Crippen molar-refractivity contribution < 1.29 is 14.6 Å². The Kier molecular flexibility index (Phi) is 2.41. The first kappa shape index (κ1) is 10.1. The largest absolute Gasteiger partial charge is 0.389 e. The predicted octanol–water partition coefficient (Wildman–Crippen LogP) is -1.26. The summed E-state index contributed by atoms with van der Waals surface area (Å²) in [5, 5.41) is 18.6. The van der Waals surface area contributed by atoms with E-state index in [9.17, 15) is 14.6 Å². The van der Waals surface area contributed by atoms with Gasteiger partial charge in [-0.25, -0.2) is 9.37 Å². The van der Waals surface area contributed by atoms with Crippen LogP contribution in [-0.4, -0.2) is 45.5 Å². The normalized spacial score (nSPS) is 25.9. The molecule has 15 heavy (non-hydrogen) atoms. The van der Waals surface area contributed by atoms with E-state index < -0.39 is 18.0 Å². The molecule has 0 spiro atoms. The zero-order chi connectivity index (χ0) is 11.0. The fourth-order valence-electron chi connectivity index (χ4n) is 1.54. The predicted molar refractivity (Wildman–Crippen MR) is 50.6 cm³/mol. The highest BCUT2D eigenvalue weighted by Crippen LogP contribution is 2.21. The van der Waals surface area contributed by atoms with E-state index in [4.69, 9.17) is 5.73 Å². The average molecular weight is 214 g/mol. The number of aromatic nitrogens is 2. The molecule has 0 aliphatic carbocycles. The molecule has 4 N–H and O–H groups in total. The van der Waals surface area contributed by atoms with E-state index in [0.717, 1.165) is 6.20 Å². The third kappa shape index (κ3) is 1.83. The van der Waals surface area contributed by atoms with Crippen LogP contribution < -0.4 is 10.6 Å². The molecule has 7 heteroatoms. The minimum Gasteiger partial charge on any atom is -0.389 e. The summed E-state index contributed by atoms with van der Waals surface area (Å²) < 4.78 is 13.3. The molecule has 2 atom stereocenters. The van der Waals surface area contributed by atoms with Crippen molar-refractivity contribution in [2.24, 2.45) is 0 Å². The van der Waals surface area contributed by atoms with Crippen molar-refractivity contribution in [1.29, 1.82) is 0 Å². The first-order valence-corrected chi connectivity index (χ1v) is 4.47. The fraction of sp³-hybridized carbons (Fsp3) is 0.500. The van der Waals surface area contributed by atoms with E-state index in [0.29, 0.717) is 0 Å². The number of aliphatic hydroxyl groups is 2. The topological polar surface area (TPSA) is 95.5 Å². The molecule has 1 aromatic heterocycles. The van der Waals surface area contributed by atoms with Gasteiger partial charge in [-0.3, -0.25) is 0 Å². The van der Waals surface area contributed by atoms with Gasteiger partial charge in [0.2, 0.25) is 5.95 Å². The smallest absolute Gasteiger partial charge is 0.222 e. The second kappa shape index (κ2) is 3.59. The second-order valence-corrected chi connectivity index (χ2v) is 3.44. The van der Waals surface area contributed by atoms with Crippen LogP contribution in [0.5, 0.6) is 0 Å². The van der Waals surface area contributed by atoms with Crippen LogP contribution in [0, 0.1) is 5.82 Å². The summed E-state index contributed by atoms with van der Waals surface area (Å²) in [5.41, 5.74) is 5.32. The number of nitrogens with two attached hydrogens (primary N) is 1. The minimum atomic E-state index is -0.888. The van der Waals surface area contributed by atoms with Gasteiger partial charge in [0.15, 0.2) is 11.6 Å². The number of hydrogen-bond donors (Lipinski definition) is 3. The molecule has 1 aromatic rings. The standard InChI is InChI=1S/C8H11FN4O2/c9-4-1-11-8(10)12-7(4)13-2-5(14)6(15)3-13/h1,5-6,14-15H,2-3H2,(H2,10,11,12). The maximum absolute atomic E-state index is 13.3. The van der Waals surface area contributed by atoms with Crippen molar-refractivity contribution >= 4 is 11.8 Å². The molecule has 82 valence electrons. The lowest BCUT2D eigenvalue weighted by molar-refractivity contribution is 0.0572. The number of aliphatic hydroxyl groups excluding tert-OH is 2. The number of nitrogen functional groups attached to an aromatic ring is 1. The van der Waals surface area contributed by atoms with Crippen LogP contribution in [-0.2, 0) is 0 Å². The minimum absolute atomic E-state index is 0.0121. The van der Waals surface area contributed by atoms with Gasteiger partial charge in [0, 0.05) is 13.1 Å². The Balaban J connectivity index is 2.27. The lowest BCUT2D eigenvalue weighted by atomic mass is 10.3.